The number of hydrogen-bond acceptors (Lipinski definition) is 2. The number of aliphatic hydroxyl groups excluding tert-OH is 1. The van der Waals surface area contributed by atoms with Gasteiger partial charge in [-0.25, -0.2) is 0 Å². The van der Waals surface area contributed by atoms with Crippen molar-refractivity contribution >= 4 is 5.69 Å². The predicted octanol–water partition coefficient (Wildman–Crippen LogP) is 5.96. The maximum absolute atomic E-state index is 10.9. The summed E-state index contributed by atoms with van der Waals surface area (Å²) in [5.41, 5.74) is 7.94. The summed E-state index contributed by atoms with van der Waals surface area (Å²) in [4.78, 5) is 2.38. The SMILES string of the molecule is OC1c2ccccc2-c2ccc(N(Cc3ccccc3)Cc3ccccc3)cc21. The highest BCUT2D eigenvalue weighted by Gasteiger charge is 2.27. The molecule has 2 heteroatoms. The van der Waals surface area contributed by atoms with Gasteiger partial charge in [0.2, 0.25) is 0 Å². The lowest BCUT2D eigenvalue weighted by atomic mass is 10.0. The Morgan fingerprint density at radius 1 is 0.586 bits per heavy atom. The van der Waals surface area contributed by atoms with E-state index in [9.17, 15) is 5.11 Å². The third kappa shape index (κ3) is 3.43. The van der Waals surface area contributed by atoms with Gasteiger partial charge in [-0.3, -0.25) is 0 Å². The molecule has 4 aromatic rings. The van der Waals surface area contributed by atoms with Crippen molar-refractivity contribution in [1.29, 1.82) is 0 Å². The summed E-state index contributed by atoms with van der Waals surface area (Å²) in [5.74, 6) is 0. The fourth-order valence-electron chi connectivity index (χ4n) is 4.21. The number of anilines is 1. The van der Waals surface area contributed by atoms with Gasteiger partial charge < -0.3 is 10.0 Å². The maximum atomic E-state index is 10.9. The highest BCUT2D eigenvalue weighted by molar-refractivity contribution is 5.80. The second-order valence-corrected chi connectivity index (χ2v) is 7.59. The van der Waals surface area contributed by atoms with Crippen LogP contribution in [0.3, 0.4) is 0 Å². The van der Waals surface area contributed by atoms with Crippen LogP contribution in [0.2, 0.25) is 0 Å². The Bertz CT molecular complexity index is 1080. The van der Waals surface area contributed by atoms with Crippen molar-refractivity contribution in [1.82, 2.24) is 0 Å². The van der Waals surface area contributed by atoms with E-state index in [1.807, 2.05) is 30.3 Å². The molecule has 5 rings (SSSR count). The van der Waals surface area contributed by atoms with E-state index in [0.717, 1.165) is 41.0 Å². The number of nitrogens with zero attached hydrogens (tertiary/aromatic N) is 1. The quantitative estimate of drug-likeness (QED) is 0.464. The molecular formula is C27H23NO. The number of benzene rings is 4. The van der Waals surface area contributed by atoms with Crippen molar-refractivity contribution in [3.8, 4) is 11.1 Å². The van der Waals surface area contributed by atoms with Crippen molar-refractivity contribution < 1.29 is 5.11 Å². The Labute approximate surface area is 171 Å². The van der Waals surface area contributed by atoms with Crippen molar-refractivity contribution in [3.63, 3.8) is 0 Å². The first kappa shape index (κ1) is 17.7. The molecule has 0 aromatic heterocycles. The van der Waals surface area contributed by atoms with E-state index in [1.165, 1.54) is 11.1 Å². The first-order valence-electron chi connectivity index (χ1n) is 10.0. The molecule has 1 atom stereocenters. The zero-order valence-corrected chi connectivity index (χ0v) is 16.2. The highest BCUT2D eigenvalue weighted by atomic mass is 16.3. The van der Waals surface area contributed by atoms with Gasteiger partial charge in [0, 0.05) is 18.8 Å². The lowest BCUT2D eigenvalue weighted by molar-refractivity contribution is 0.225. The largest absolute Gasteiger partial charge is 0.384 e. The van der Waals surface area contributed by atoms with Crippen LogP contribution in [-0.2, 0) is 13.1 Å². The van der Waals surface area contributed by atoms with E-state index in [2.05, 4.69) is 77.7 Å². The van der Waals surface area contributed by atoms with Crippen LogP contribution in [0.15, 0.2) is 103 Å². The summed E-state index contributed by atoms with van der Waals surface area (Å²) in [6.07, 6.45) is -0.559. The molecular weight excluding hydrogens is 354 g/mol. The van der Waals surface area contributed by atoms with Gasteiger partial charge in [0.05, 0.1) is 0 Å². The van der Waals surface area contributed by atoms with Crippen LogP contribution in [0.25, 0.3) is 11.1 Å². The lowest BCUT2D eigenvalue weighted by Gasteiger charge is -2.26. The summed E-state index contributed by atoms with van der Waals surface area (Å²) < 4.78 is 0. The second kappa shape index (κ2) is 7.57. The number of aliphatic hydroxyl groups is 1. The van der Waals surface area contributed by atoms with Gasteiger partial charge in [-0.1, -0.05) is 91.0 Å². The summed E-state index contributed by atoms with van der Waals surface area (Å²) in [7, 11) is 0. The molecule has 2 nitrogen and oxygen atoms in total. The van der Waals surface area contributed by atoms with Crippen LogP contribution in [0.4, 0.5) is 5.69 Å². The summed E-state index contributed by atoms with van der Waals surface area (Å²) in [6.45, 7) is 1.63. The van der Waals surface area contributed by atoms with E-state index in [0.29, 0.717) is 0 Å². The zero-order chi connectivity index (χ0) is 19.6. The van der Waals surface area contributed by atoms with E-state index < -0.39 is 6.10 Å². The van der Waals surface area contributed by atoms with Crippen LogP contribution in [-0.4, -0.2) is 5.11 Å². The van der Waals surface area contributed by atoms with Crippen molar-refractivity contribution in [3.05, 3.63) is 125 Å². The van der Waals surface area contributed by atoms with E-state index in [4.69, 9.17) is 0 Å². The molecule has 0 spiro atoms. The minimum Gasteiger partial charge on any atom is -0.384 e. The Kier molecular flexibility index (Phi) is 4.63. The van der Waals surface area contributed by atoms with Crippen LogP contribution in [0, 0.1) is 0 Å². The Hall–Kier alpha value is -3.36. The van der Waals surface area contributed by atoms with Gasteiger partial charge in [-0.2, -0.15) is 0 Å². The Morgan fingerprint density at radius 3 is 1.79 bits per heavy atom. The monoisotopic (exact) mass is 377 g/mol. The predicted molar refractivity (Wildman–Crippen MR) is 119 cm³/mol. The summed E-state index contributed by atoms with van der Waals surface area (Å²) in [5, 5.41) is 10.9. The number of fused-ring (bicyclic) bond motifs is 3. The van der Waals surface area contributed by atoms with Gasteiger partial charge in [-0.05, 0) is 45.5 Å². The van der Waals surface area contributed by atoms with Gasteiger partial charge in [0.15, 0.2) is 0 Å². The first-order chi connectivity index (χ1) is 14.3. The molecule has 1 aliphatic carbocycles. The summed E-state index contributed by atoms with van der Waals surface area (Å²) in [6, 6.07) is 35.7. The molecule has 0 fully saturated rings. The second-order valence-electron chi connectivity index (χ2n) is 7.59. The average Bonchev–Trinajstić information content (AvgIpc) is 3.07. The van der Waals surface area contributed by atoms with Crippen LogP contribution in [0.1, 0.15) is 28.4 Å². The fourth-order valence-corrected chi connectivity index (χ4v) is 4.21. The molecule has 0 saturated heterocycles. The average molecular weight is 377 g/mol. The minimum absolute atomic E-state index is 0.559. The van der Waals surface area contributed by atoms with E-state index >= 15 is 0 Å². The van der Waals surface area contributed by atoms with Gasteiger partial charge in [0.25, 0.3) is 0 Å². The lowest BCUT2D eigenvalue weighted by Crippen LogP contribution is -2.22. The summed E-state index contributed by atoms with van der Waals surface area (Å²) >= 11 is 0. The highest BCUT2D eigenvalue weighted by Crippen LogP contribution is 2.44. The molecule has 1 unspecified atom stereocenters. The fraction of sp³-hybridized carbons (Fsp3) is 0.111. The molecule has 4 aromatic carbocycles. The third-order valence-corrected chi connectivity index (χ3v) is 5.67. The smallest absolute Gasteiger partial charge is 0.105 e. The minimum atomic E-state index is -0.559. The molecule has 0 bridgehead atoms. The normalized spacial score (nSPS) is 14.3. The molecule has 0 radical (unpaired) electrons. The Morgan fingerprint density at radius 2 is 1.14 bits per heavy atom. The van der Waals surface area contributed by atoms with Crippen LogP contribution < -0.4 is 4.90 Å². The molecule has 0 amide bonds. The van der Waals surface area contributed by atoms with Crippen LogP contribution >= 0.6 is 0 Å². The zero-order valence-electron chi connectivity index (χ0n) is 16.2. The molecule has 29 heavy (non-hydrogen) atoms. The van der Waals surface area contributed by atoms with Gasteiger partial charge in [0.1, 0.15) is 6.10 Å². The molecule has 1 N–H and O–H groups in total. The van der Waals surface area contributed by atoms with E-state index in [1.54, 1.807) is 0 Å². The maximum Gasteiger partial charge on any atom is 0.105 e. The standard InChI is InChI=1S/C27H23NO/c29-27-25-14-8-7-13-23(25)24-16-15-22(17-26(24)27)28(18-20-9-3-1-4-10-20)19-21-11-5-2-6-12-21/h1-17,27,29H,18-19H2. The van der Waals surface area contributed by atoms with Crippen LogP contribution in [0.5, 0.6) is 0 Å². The Balaban J connectivity index is 1.52. The molecule has 1 aliphatic rings. The van der Waals surface area contributed by atoms with Crippen molar-refractivity contribution in [2.24, 2.45) is 0 Å². The number of hydrogen-bond donors (Lipinski definition) is 1. The van der Waals surface area contributed by atoms with Crippen molar-refractivity contribution in [2.45, 2.75) is 19.2 Å². The topological polar surface area (TPSA) is 23.5 Å². The van der Waals surface area contributed by atoms with Gasteiger partial charge in [-0.15, -0.1) is 0 Å². The van der Waals surface area contributed by atoms with Crippen molar-refractivity contribution in [2.75, 3.05) is 4.90 Å². The molecule has 142 valence electrons. The molecule has 0 aliphatic heterocycles. The van der Waals surface area contributed by atoms with E-state index in [-0.39, 0.29) is 0 Å². The van der Waals surface area contributed by atoms with Gasteiger partial charge >= 0.3 is 0 Å². The third-order valence-electron chi connectivity index (χ3n) is 5.67. The first-order valence-corrected chi connectivity index (χ1v) is 10.0. The number of rotatable bonds is 5. The molecule has 0 heterocycles. The molecule has 0 saturated carbocycles.